The van der Waals surface area contributed by atoms with Crippen molar-refractivity contribution in [1.82, 2.24) is 4.90 Å². The van der Waals surface area contributed by atoms with E-state index in [1.807, 2.05) is 18.7 Å². The van der Waals surface area contributed by atoms with Crippen LogP contribution in [0.15, 0.2) is 0 Å². The van der Waals surface area contributed by atoms with Crippen LogP contribution in [-0.4, -0.2) is 46.2 Å². The van der Waals surface area contributed by atoms with E-state index in [0.717, 1.165) is 6.54 Å². The van der Waals surface area contributed by atoms with E-state index in [1.54, 1.807) is 0 Å². The average molecular weight is 189 g/mol. The van der Waals surface area contributed by atoms with Gasteiger partial charge in [-0.3, -0.25) is 4.90 Å². The number of hydrogen-bond donors (Lipinski definition) is 1. The Hall–Kier alpha value is 0.270. The minimum atomic E-state index is -0.212. The van der Waals surface area contributed by atoms with Crippen LogP contribution < -0.4 is 0 Å². The van der Waals surface area contributed by atoms with Gasteiger partial charge in [-0.1, -0.05) is 0 Å². The molecule has 1 fully saturated rings. The predicted molar refractivity (Wildman–Crippen MR) is 54.6 cm³/mol. The lowest BCUT2D eigenvalue weighted by Crippen LogP contribution is -2.49. The largest absolute Gasteiger partial charge is 0.392 e. The van der Waals surface area contributed by atoms with Crippen LogP contribution in [0.1, 0.15) is 20.8 Å². The number of aliphatic hydroxyl groups is 1. The Morgan fingerprint density at radius 2 is 2.17 bits per heavy atom. The van der Waals surface area contributed by atoms with E-state index in [9.17, 15) is 5.11 Å². The predicted octanol–water partition coefficient (Wildman–Crippen LogP) is 1.19. The number of aliphatic hydroxyl groups excluding tert-OH is 1. The fourth-order valence-corrected chi connectivity index (χ4v) is 2.66. The van der Waals surface area contributed by atoms with Gasteiger partial charge in [-0.15, -0.1) is 0 Å². The van der Waals surface area contributed by atoms with Gasteiger partial charge in [-0.2, -0.15) is 11.8 Å². The first-order valence-electron chi connectivity index (χ1n) is 4.64. The molecule has 2 nitrogen and oxygen atoms in total. The number of hydrogen-bond acceptors (Lipinski definition) is 3. The molecule has 1 aliphatic rings. The van der Waals surface area contributed by atoms with Crippen LogP contribution in [0.4, 0.5) is 0 Å². The zero-order chi connectivity index (χ0) is 9.14. The normalized spacial score (nSPS) is 31.5. The summed E-state index contributed by atoms with van der Waals surface area (Å²) in [6, 6.07) is 0.925. The maximum atomic E-state index is 9.44. The lowest BCUT2D eigenvalue weighted by molar-refractivity contribution is 0.0554. The first-order valence-corrected chi connectivity index (χ1v) is 5.80. The third kappa shape index (κ3) is 2.38. The molecule has 3 unspecified atom stereocenters. The summed E-state index contributed by atoms with van der Waals surface area (Å²) in [5.41, 5.74) is 0. The fourth-order valence-electron chi connectivity index (χ4n) is 1.62. The molecule has 1 rings (SSSR count). The molecule has 0 aromatic heterocycles. The third-order valence-corrected chi connectivity index (χ3v) is 3.83. The topological polar surface area (TPSA) is 23.5 Å². The Balaban J connectivity index is 2.47. The summed E-state index contributed by atoms with van der Waals surface area (Å²) < 4.78 is 0. The molecular formula is C9H19NOS. The summed E-state index contributed by atoms with van der Waals surface area (Å²) in [6.45, 7) is 7.35. The van der Waals surface area contributed by atoms with E-state index in [1.165, 1.54) is 11.5 Å². The van der Waals surface area contributed by atoms with Gasteiger partial charge < -0.3 is 5.11 Å². The number of rotatable bonds is 2. The Bertz CT molecular complexity index is 140. The maximum absolute atomic E-state index is 9.44. The molecular weight excluding hydrogens is 170 g/mol. The third-order valence-electron chi connectivity index (χ3n) is 2.64. The van der Waals surface area contributed by atoms with Crippen LogP contribution in [0.5, 0.6) is 0 Å². The standard InChI is InChI=1S/C9H19NOS/c1-7-6-12-5-4-10(7)8(2)9(3)11/h7-9,11H,4-6H2,1-3H3. The molecule has 72 valence electrons. The van der Waals surface area contributed by atoms with Crippen LogP contribution in [0.25, 0.3) is 0 Å². The van der Waals surface area contributed by atoms with Gasteiger partial charge in [0.1, 0.15) is 0 Å². The lowest BCUT2D eigenvalue weighted by atomic mass is 10.1. The van der Waals surface area contributed by atoms with Crippen molar-refractivity contribution < 1.29 is 5.11 Å². The summed E-state index contributed by atoms with van der Waals surface area (Å²) in [7, 11) is 0. The van der Waals surface area contributed by atoms with E-state index in [0.29, 0.717) is 12.1 Å². The highest BCUT2D eigenvalue weighted by atomic mass is 32.2. The molecule has 1 saturated heterocycles. The number of nitrogens with zero attached hydrogens (tertiary/aromatic N) is 1. The summed E-state index contributed by atoms with van der Waals surface area (Å²) in [4.78, 5) is 2.40. The van der Waals surface area contributed by atoms with Gasteiger partial charge in [0.25, 0.3) is 0 Å². The minimum Gasteiger partial charge on any atom is -0.392 e. The molecule has 3 heteroatoms. The van der Waals surface area contributed by atoms with Gasteiger partial charge in [0.2, 0.25) is 0 Å². The van der Waals surface area contributed by atoms with Crippen molar-refractivity contribution in [2.45, 2.75) is 39.0 Å². The van der Waals surface area contributed by atoms with Gasteiger partial charge in [-0.05, 0) is 20.8 Å². The maximum Gasteiger partial charge on any atom is 0.0664 e. The Labute approximate surface area is 79.3 Å². The molecule has 12 heavy (non-hydrogen) atoms. The Morgan fingerprint density at radius 3 is 2.67 bits per heavy atom. The van der Waals surface area contributed by atoms with Crippen molar-refractivity contribution in [2.24, 2.45) is 0 Å². The van der Waals surface area contributed by atoms with Gasteiger partial charge in [0, 0.05) is 30.1 Å². The molecule has 0 aromatic rings. The van der Waals surface area contributed by atoms with Crippen LogP contribution >= 0.6 is 11.8 Å². The molecule has 0 radical (unpaired) electrons. The van der Waals surface area contributed by atoms with E-state index < -0.39 is 0 Å². The first kappa shape index (κ1) is 10.4. The fraction of sp³-hybridized carbons (Fsp3) is 1.00. The molecule has 3 atom stereocenters. The Morgan fingerprint density at radius 1 is 1.50 bits per heavy atom. The van der Waals surface area contributed by atoms with Crippen LogP contribution in [0.3, 0.4) is 0 Å². The monoisotopic (exact) mass is 189 g/mol. The van der Waals surface area contributed by atoms with Gasteiger partial charge in [0.05, 0.1) is 6.10 Å². The van der Waals surface area contributed by atoms with Crippen molar-refractivity contribution in [1.29, 1.82) is 0 Å². The summed E-state index contributed by atoms with van der Waals surface area (Å²) in [6.07, 6.45) is -0.212. The zero-order valence-corrected chi connectivity index (χ0v) is 8.97. The minimum absolute atomic E-state index is 0.212. The molecule has 1 N–H and O–H groups in total. The van der Waals surface area contributed by atoms with Crippen molar-refractivity contribution in [3.63, 3.8) is 0 Å². The molecule has 0 bridgehead atoms. The highest BCUT2D eigenvalue weighted by Gasteiger charge is 2.25. The first-order chi connectivity index (χ1) is 5.63. The van der Waals surface area contributed by atoms with E-state index in [2.05, 4.69) is 18.7 Å². The summed E-state index contributed by atoms with van der Waals surface area (Å²) in [5.74, 6) is 2.42. The number of thioether (sulfide) groups is 1. The molecule has 0 amide bonds. The van der Waals surface area contributed by atoms with Crippen LogP contribution in [0.2, 0.25) is 0 Å². The van der Waals surface area contributed by atoms with Crippen LogP contribution in [0, 0.1) is 0 Å². The molecule has 0 aliphatic carbocycles. The molecule has 1 heterocycles. The van der Waals surface area contributed by atoms with Crippen LogP contribution in [-0.2, 0) is 0 Å². The molecule has 0 aromatic carbocycles. The summed E-state index contributed by atoms with van der Waals surface area (Å²) in [5, 5.41) is 9.44. The second-order valence-electron chi connectivity index (χ2n) is 3.64. The second-order valence-corrected chi connectivity index (χ2v) is 4.79. The van der Waals surface area contributed by atoms with Crippen molar-refractivity contribution in [3.05, 3.63) is 0 Å². The van der Waals surface area contributed by atoms with Crippen molar-refractivity contribution >= 4 is 11.8 Å². The van der Waals surface area contributed by atoms with Gasteiger partial charge >= 0.3 is 0 Å². The quantitative estimate of drug-likeness (QED) is 0.706. The zero-order valence-electron chi connectivity index (χ0n) is 8.16. The highest BCUT2D eigenvalue weighted by Crippen LogP contribution is 2.19. The second kappa shape index (κ2) is 4.49. The average Bonchev–Trinajstić information content (AvgIpc) is 2.04. The highest BCUT2D eigenvalue weighted by molar-refractivity contribution is 7.99. The van der Waals surface area contributed by atoms with Gasteiger partial charge in [0.15, 0.2) is 0 Å². The molecule has 0 spiro atoms. The van der Waals surface area contributed by atoms with E-state index in [-0.39, 0.29) is 6.10 Å². The SMILES string of the molecule is CC(O)C(C)N1CCSCC1C. The summed E-state index contributed by atoms with van der Waals surface area (Å²) >= 11 is 2.01. The molecule has 1 aliphatic heterocycles. The van der Waals surface area contributed by atoms with E-state index in [4.69, 9.17) is 0 Å². The lowest BCUT2D eigenvalue weighted by Gasteiger charge is -2.38. The Kier molecular flexibility index (Phi) is 3.87. The smallest absolute Gasteiger partial charge is 0.0664 e. The molecule has 0 saturated carbocycles. The van der Waals surface area contributed by atoms with E-state index >= 15 is 0 Å². The van der Waals surface area contributed by atoms with Crippen molar-refractivity contribution in [2.75, 3.05) is 18.1 Å². The van der Waals surface area contributed by atoms with Gasteiger partial charge in [-0.25, -0.2) is 0 Å². The van der Waals surface area contributed by atoms with Crippen molar-refractivity contribution in [3.8, 4) is 0 Å².